The van der Waals surface area contributed by atoms with Crippen LogP contribution < -0.4 is 4.90 Å². The van der Waals surface area contributed by atoms with E-state index in [-0.39, 0.29) is 17.3 Å². The lowest BCUT2D eigenvalue weighted by molar-refractivity contribution is 0.0983. The number of hydrogen-bond acceptors (Lipinski definition) is 6. The number of hydrogen-bond donors (Lipinski definition) is 0. The number of rotatable bonds is 6. The largest absolute Gasteiger partial charge is 0.467 e. The van der Waals surface area contributed by atoms with E-state index in [9.17, 15) is 13.2 Å². The number of carbonyl (C=O) groups is 1. The molecular formula is C29H25N3O4S2. The van der Waals surface area contributed by atoms with Gasteiger partial charge in [-0.15, -0.1) is 0 Å². The molecule has 1 aliphatic rings. The molecule has 1 amide bonds. The Bertz CT molecular complexity index is 1730. The van der Waals surface area contributed by atoms with E-state index in [1.54, 1.807) is 29.4 Å². The predicted octanol–water partition coefficient (Wildman–Crippen LogP) is 5.79. The number of aromatic nitrogens is 1. The quantitative estimate of drug-likeness (QED) is 0.271. The lowest BCUT2D eigenvalue weighted by atomic mass is 10.0. The Labute approximate surface area is 225 Å². The predicted molar refractivity (Wildman–Crippen MR) is 148 cm³/mol. The van der Waals surface area contributed by atoms with Crippen LogP contribution in [0, 0.1) is 6.92 Å². The van der Waals surface area contributed by atoms with Crippen LogP contribution in [-0.4, -0.2) is 30.2 Å². The van der Waals surface area contributed by atoms with Crippen molar-refractivity contribution in [3.63, 3.8) is 0 Å². The highest BCUT2D eigenvalue weighted by Gasteiger charge is 2.29. The van der Waals surface area contributed by atoms with Crippen molar-refractivity contribution >= 4 is 42.6 Å². The van der Waals surface area contributed by atoms with Crippen molar-refractivity contribution < 1.29 is 17.6 Å². The van der Waals surface area contributed by atoms with Gasteiger partial charge in [-0.25, -0.2) is 13.4 Å². The number of anilines is 1. The van der Waals surface area contributed by atoms with Crippen LogP contribution in [0.3, 0.4) is 0 Å². The molecular weight excluding hydrogens is 518 g/mol. The van der Waals surface area contributed by atoms with E-state index in [0.717, 1.165) is 21.3 Å². The maximum Gasteiger partial charge on any atom is 0.260 e. The summed E-state index contributed by atoms with van der Waals surface area (Å²) in [7, 11) is -3.70. The maximum atomic E-state index is 13.7. The van der Waals surface area contributed by atoms with Crippen molar-refractivity contribution in [2.75, 3.05) is 11.4 Å². The SMILES string of the molecule is Cc1ccc2nc(N(Cc3ccco3)C(=O)c3ccc(S(=O)(=O)N4CCc5ccccc5C4)cc3)sc2c1. The normalized spacial score (nSPS) is 13.9. The average Bonchev–Trinajstić information content (AvgIpc) is 3.60. The van der Waals surface area contributed by atoms with Crippen molar-refractivity contribution in [1.29, 1.82) is 0 Å². The lowest BCUT2D eigenvalue weighted by Gasteiger charge is -2.28. The smallest absolute Gasteiger partial charge is 0.260 e. The number of thiazole rings is 1. The number of sulfonamides is 1. The molecule has 0 unspecified atom stereocenters. The van der Waals surface area contributed by atoms with Gasteiger partial charge in [0.25, 0.3) is 5.91 Å². The summed E-state index contributed by atoms with van der Waals surface area (Å²) in [6.45, 7) is 2.99. The van der Waals surface area contributed by atoms with Gasteiger partial charge in [-0.1, -0.05) is 41.7 Å². The number of nitrogens with zero attached hydrogens (tertiary/aromatic N) is 3. The van der Waals surface area contributed by atoms with Gasteiger partial charge in [0, 0.05) is 18.7 Å². The molecule has 0 spiro atoms. The third-order valence-corrected chi connectivity index (χ3v) is 9.64. The van der Waals surface area contributed by atoms with E-state index >= 15 is 0 Å². The Kier molecular flexibility index (Phi) is 6.35. The third kappa shape index (κ3) is 4.64. The second-order valence-corrected chi connectivity index (χ2v) is 12.3. The molecule has 38 heavy (non-hydrogen) atoms. The summed E-state index contributed by atoms with van der Waals surface area (Å²) in [5, 5.41) is 0.552. The molecule has 3 heterocycles. The standard InChI is InChI=1S/C29H25N3O4S2/c1-20-8-13-26-27(17-20)37-29(30-26)32(19-24-7-4-16-36-24)28(33)22-9-11-25(12-10-22)38(34,35)31-15-14-21-5-2-3-6-23(21)18-31/h2-13,16-17H,14-15,18-19H2,1H3. The van der Waals surface area contributed by atoms with Gasteiger partial charge in [-0.05, 0) is 78.6 Å². The van der Waals surface area contributed by atoms with Crippen LogP contribution in [0.1, 0.15) is 32.8 Å². The molecule has 0 N–H and O–H groups in total. The summed E-state index contributed by atoms with van der Waals surface area (Å²) < 4.78 is 34.8. The summed E-state index contributed by atoms with van der Waals surface area (Å²) in [6, 6.07) is 23.6. The molecule has 0 saturated heterocycles. The van der Waals surface area contributed by atoms with E-state index in [2.05, 4.69) is 0 Å². The zero-order valence-electron chi connectivity index (χ0n) is 20.7. The fraction of sp³-hybridized carbons (Fsp3) is 0.172. The van der Waals surface area contributed by atoms with Crippen molar-refractivity contribution in [3.05, 3.63) is 113 Å². The van der Waals surface area contributed by atoms with E-state index in [1.807, 2.05) is 55.5 Å². The Balaban J connectivity index is 1.28. The molecule has 0 bridgehead atoms. The minimum atomic E-state index is -3.70. The highest BCUT2D eigenvalue weighted by atomic mass is 32.2. The topological polar surface area (TPSA) is 83.7 Å². The number of fused-ring (bicyclic) bond motifs is 2. The van der Waals surface area contributed by atoms with E-state index in [1.165, 1.54) is 33.3 Å². The Morgan fingerprint density at radius 3 is 2.58 bits per heavy atom. The zero-order chi connectivity index (χ0) is 26.3. The van der Waals surface area contributed by atoms with Gasteiger partial charge in [0.15, 0.2) is 5.13 Å². The van der Waals surface area contributed by atoms with Crippen LogP contribution in [0.2, 0.25) is 0 Å². The van der Waals surface area contributed by atoms with E-state index < -0.39 is 10.0 Å². The van der Waals surface area contributed by atoms with Crippen molar-refractivity contribution in [1.82, 2.24) is 9.29 Å². The molecule has 0 atom stereocenters. The first kappa shape index (κ1) is 24.5. The molecule has 0 saturated carbocycles. The molecule has 5 aromatic rings. The first-order valence-corrected chi connectivity index (χ1v) is 14.5. The number of amides is 1. The van der Waals surface area contributed by atoms with Crippen molar-refractivity contribution in [2.24, 2.45) is 0 Å². The van der Waals surface area contributed by atoms with Crippen molar-refractivity contribution in [2.45, 2.75) is 31.3 Å². The van der Waals surface area contributed by atoms with Gasteiger partial charge in [0.1, 0.15) is 5.76 Å². The fourth-order valence-electron chi connectivity index (χ4n) is 4.67. The van der Waals surface area contributed by atoms with Crippen LogP contribution in [0.4, 0.5) is 5.13 Å². The van der Waals surface area contributed by atoms with Crippen LogP contribution in [0.25, 0.3) is 10.2 Å². The molecule has 2 aromatic heterocycles. The van der Waals surface area contributed by atoms with Crippen LogP contribution >= 0.6 is 11.3 Å². The molecule has 0 aliphatic carbocycles. The van der Waals surface area contributed by atoms with E-state index in [0.29, 0.717) is 36.0 Å². The summed E-state index contributed by atoms with van der Waals surface area (Å²) in [5.41, 5.74) is 4.51. The highest BCUT2D eigenvalue weighted by molar-refractivity contribution is 7.89. The Morgan fingerprint density at radius 1 is 1.03 bits per heavy atom. The molecule has 1 aliphatic heterocycles. The number of aryl methyl sites for hydroxylation is 1. The minimum absolute atomic E-state index is 0.168. The first-order valence-electron chi connectivity index (χ1n) is 12.3. The Hall–Kier alpha value is -3.79. The maximum absolute atomic E-state index is 13.7. The summed E-state index contributed by atoms with van der Waals surface area (Å²) in [6.07, 6.45) is 2.24. The monoisotopic (exact) mass is 543 g/mol. The molecule has 0 radical (unpaired) electrons. The first-order chi connectivity index (χ1) is 18.4. The molecule has 0 fully saturated rings. The molecule has 6 rings (SSSR count). The lowest BCUT2D eigenvalue weighted by Crippen LogP contribution is -2.36. The molecule has 9 heteroatoms. The van der Waals surface area contributed by atoms with Gasteiger partial charge in [0.05, 0.1) is 27.9 Å². The van der Waals surface area contributed by atoms with Crippen LogP contribution in [0.15, 0.2) is 94.4 Å². The molecule has 3 aromatic carbocycles. The fourth-order valence-corrected chi connectivity index (χ4v) is 7.15. The Morgan fingerprint density at radius 2 is 1.82 bits per heavy atom. The highest BCUT2D eigenvalue weighted by Crippen LogP contribution is 2.32. The van der Waals surface area contributed by atoms with Gasteiger partial charge < -0.3 is 4.42 Å². The zero-order valence-corrected chi connectivity index (χ0v) is 22.3. The van der Waals surface area contributed by atoms with Gasteiger partial charge in [-0.3, -0.25) is 9.69 Å². The molecule has 7 nitrogen and oxygen atoms in total. The number of benzene rings is 3. The van der Waals surface area contributed by atoms with Crippen LogP contribution in [0.5, 0.6) is 0 Å². The van der Waals surface area contributed by atoms with Gasteiger partial charge >= 0.3 is 0 Å². The summed E-state index contributed by atoms with van der Waals surface area (Å²) >= 11 is 1.43. The van der Waals surface area contributed by atoms with Crippen molar-refractivity contribution in [3.8, 4) is 0 Å². The summed E-state index contributed by atoms with van der Waals surface area (Å²) in [5.74, 6) is 0.339. The van der Waals surface area contributed by atoms with Gasteiger partial charge in [-0.2, -0.15) is 4.31 Å². The second kappa shape index (κ2) is 9.83. The minimum Gasteiger partial charge on any atom is -0.467 e. The third-order valence-electron chi connectivity index (χ3n) is 6.74. The summed E-state index contributed by atoms with van der Waals surface area (Å²) in [4.78, 5) is 20.1. The van der Waals surface area contributed by atoms with Crippen LogP contribution in [-0.2, 0) is 29.5 Å². The average molecular weight is 544 g/mol. The number of carbonyl (C=O) groups excluding carboxylic acids is 1. The van der Waals surface area contributed by atoms with E-state index in [4.69, 9.17) is 9.40 Å². The number of furan rings is 1. The molecule has 192 valence electrons. The second-order valence-electron chi connectivity index (χ2n) is 9.32. The van der Waals surface area contributed by atoms with Gasteiger partial charge in [0.2, 0.25) is 10.0 Å².